The van der Waals surface area contributed by atoms with Gasteiger partial charge >= 0.3 is 0 Å². The number of rotatable bonds is 7. The number of benzene rings is 1. The smallest absolute Gasteiger partial charge is 0.256 e. The van der Waals surface area contributed by atoms with Gasteiger partial charge < -0.3 is 15.0 Å². The second-order valence-electron chi connectivity index (χ2n) is 7.15. The van der Waals surface area contributed by atoms with E-state index >= 15 is 0 Å². The van der Waals surface area contributed by atoms with E-state index in [1.165, 1.54) is 0 Å². The summed E-state index contributed by atoms with van der Waals surface area (Å²) >= 11 is 13.8. The number of amides is 2. The van der Waals surface area contributed by atoms with Crippen LogP contribution in [0.25, 0.3) is 0 Å². The van der Waals surface area contributed by atoms with Crippen LogP contribution in [0.15, 0.2) is 18.2 Å². The van der Waals surface area contributed by atoms with Crippen LogP contribution in [0.3, 0.4) is 0 Å². The highest BCUT2D eigenvalue weighted by Crippen LogP contribution is 2.34. The second kappa shape index (κ2) is 10.9. The van der Waals surface area contributed by atoms with Crippen LogP contribution in [0.5, 0.6) is 0 Å². The van der Waals surface area contributed by atoms with Gasteiger partial charge in [0.2, 0.25) is 5.91 Å². The Morgan fingerprint density at radius 3 is 2.72 bits per heavy atom. The minimum absolute atomic E-state index is 0.0432. The third kappa shape index (κ3) is 5.79. The topological polar surface area (TPSA) is 61.9 Å². The SMILES string of the molecule is CCC1SCC(C(=O)NCCCN2CCOCC2)N1C(=O)c1ccc(Cl)cc1Cl. The third-order valence-corrected chi connectivity index (χ3v) is 7.20. The third-order valence-electron chi connectivity index (χ3n) is 5.19. The van der Waals surface area contributed by atoms with Crippen LogP contribution < -0.4 is 5.32 Å². The molecule has 0 saturated carbocycles. The summed E-state index contributed by atoms with van der Waals surface area (Å²) in [6.45, 7) is 6.97. The van der Waals surface area contributed by atoms with Crippen molar-refractivity contribution >= 4 is 46.8 Å². The number of carbonyl (C=O) groups is 2. The molecule has 2 heterocycles. The van der Waals surface area contributed by atoms with Gasteiger partial charge in [-0.3, -0.25) is 14.5 Å². The first-order valence-electron chi connectivity index (χ1n) is 9.98. The summed E-state index contributed by atoms with van der Waals surface area (Å²) in [6.07, 6.45) is 1.64. The standard InChI is InChI=1S/C20H27Cl2N3O3S/c1-2-18-25(20(27)15-5-4-14(21)12-16(15)22)17(13-29-18)19(26)23-6-3-7-24-8-10-28-11-9-24/h4-5,12,17-18H,2-3,6-11,13H2,1H3,(H,23,26). The summed E-state index contributed by atoms with van der Waals surface area (Å²) in [6, 6.07) is 4.33. The molecule has 2 fully saturated rings. The van der Waals surface area contributed by atoms with Gasteiger partial charge in [0.05, 0.1) is 29.2 Å². The fraction of sp³-hybridized carbons (Fsp3) is 0.600. The highest BCUT2D eigenvalue weighted by atomic mass is 35.5. The summed E-state index contributed by atoms with van der Waals surface area (Å²) in [5.74, 6) is 0.260. The average Bonchev–Trinajstić information content (AvgIpc) is 3.15. The van der Waals surface area contributed by atoms with Gasteiger partial charge in [-0.25, -0.2) is 0 Å². The van der Waals surface area contributed by atoms with Gasteiger partial charge in [0.15, 0.2) is 0 Å². The molecule has 0 aromatic heterocycles. The number of halogens is 2. The Balaban J connectivity index is 1.59. The molecule has 29 heavy (non-hydrogen) atoms. The van der Waals surface area contributed by atoms with Gasteiger partial charge in [-0.15, -0.1) is 11.8 Å². The molecule has 3 rings (SSSR count). The van der Waals surface area contributed by atoms with Crippen molar-refractivity contribution in [1.29, 1.82) is 0 Å². The van der Waals surface area contributed by atoms with E-state index in [1.807, 2.05) is 6.92 Å². The van der Waals surface area contributed by atoms with E-state index in [0.717, 1.165) is 45.7 Å². The fourth-order valence-electron chi connectivity index (χ4n) is 3.61. The number of morpholine rings is 1. The number of nitrogens with zero attached hydrogens (tertiary/aromatic N) is 2. The van der Waals surface area contributed by atoms with Crippen LogP contribution in [0, 0.1) is 0 Å². The first kappa shape index (κ1) is 22.7. The van der Waals surface area contributed by atoms with Crippen LogP contribution in [0.2, 0.25) is 10.0 Å². The second-order valence-corrected chi connectivity index (χ2v) is 9.20. The minimum Gasteiger partial charge on any atom is -0.379 e. The predicted octanol–water partition coefficient (Wildman–Crippen LogP) is 3.13. The summed E-state index contributed by atoms with van der Waals surface area (Å²) < 4.78 is 5.35. The fourth-order valence-corrected chi connectivity index (χ4v) is 5.46. The van der Waals surface area contributed by atoms with E-state index in [9.17, 15) is 9.59 Å². The van der Waals surface area contributed by atoms with Crippen molar-refractivity contribution < 1.29 is 14.3 Å². The largest absolute Gasteiger partial charge is 0.379 e. The normalized spacial score (nSPS) is 22.7. The molecule has 1 N–H and O–H groups in total. The first-order valence-corrected chi connectivity index (χ1v) is 11.8. The van der Waals surface area contributed by atoms with Gasteiger partial charge in [-0.1, -0.05) is 30.1 Å². The van der Waals surface area contributed by atoms with Crippen molar-refractivity contribution in [3.8, 4) is 0 Å². The van der Waals surface area contributed by atoms with Crippen LogP contribution in [0.4, 0.5) is 0 Å². The number of nitrogens with one attached hydrogen (secondary N) is 1. The van der Waals surface area contributed by atoms with Crippen molar-refractivity contribution in [2.45, 2.75) is 31.2 Å². The molecule has 0 radical (unpaired) electrons. The lowest BCUT2D eigenvalue weighted by Crippen LogP contribution is -2.50. The Morgan fingerprint density at radius 2 is 2.03 bits per heavy atom. The van der Waals surface area contributed by atoms with E-state index < -0.39 is 6.04 Å². The molecule has 1 aromatic carbocycles. The van der Waals surface area contributed by atoms with E-state index in [-0.39, 0.29) is 17.2 Å². The molecule has 2 aliphatic rings. The molecule has 9 heteroatoms. The quantitative estimate of drug-likeness (QED) is 0.634. The van der Waals surface area contributed by atoms with E-state index in [1.54, 1.807) is 34.9 Å². The van der Waals surface area contributed by atoms with Crippen molar-refractivity contribution in [1.82, 2.24) is 15.1 Å². The maximum absolute atomic E-state index is 13.2. The monoisotopic (exact) mass is 459 g/mol. The highest BCUT2D eigenvalue weighted by Gasteiger charge is 2.41. The average molecular weight is 460 g/mol. The maximum atomic E-state index is 13.2. The minimum atomic E-state index is -0.493. The number of thioether (sulfide) groups is 1. The maximum Gasteiger partial charge on any atom is 0.256 e. The van der Waals surface area contributed by atoms with Gasteiger partial charge in [0.1, 0.15) is 6.04 Å². The van der Waals surface area contributed by atoms with Crippen molar-refractivity contribution in [2.75, 3.05) is 45.1 Å². The first-order chi connectivity index (χ1) is 14.0. The zero-order valence-corrected chi connectivity index (χ0v) is 18.9. The lowest BCUT2D eigenvalue weighted by atomic mass is 10.1. The Bertz CT molecular complexity index is 731. The Kier molecular flexibility index (Phi) is 8.50. The van der Waals surface area contributed by atoms with Crippen molar-refractivity contribution in [3.05, 3.63) is 33.8 Å². The molecular formula is C20H27Cl2N3O3S. The Hall–Kier alpha value is -0.990. The summed E-state index contributed by atoms with van der Waals surface area (Å²) in [5, 5.41) is 3.75. The molecule has 2 atom stereocenters. The molecule has 2 unspecified atom stereocenters. The molecule has 0 bridgehead atoms. The zero-order chi connectivity index (χ0) is 20.8. The number of hydrogen-bond donors (Lipinski definition) is 1. The van der Waals surface area contributed by atoms with Gasteiger partial charge in [0.25, 0.3) is 5.91 Å². The Labute approximate surface area is 186 Å². The number of hydrogen-bond acceptors (Lipinski definition) is 5. The predicted molar refractivity (Wildman–Crippen MR) is 118 cm³/mol. The number of carbonyl (C=O) groups excluding carboxylic acids is 2. The summed E-state index contributed by atoms with van der Waals surface area (Å²) in [5.41, 5.74) is 0.377. The molecular weight excluding hydrogens is 433 g/mol. The van der Waals surface area contributed by atoms with E-state index in [4.69, 9.17) is 27.9 Å². The molecule has 2 amide bonds. The summed E-state index contributed by atoms with van der Waals surface area (Å²) in [4.78, 5) is 30.0. The molecule has 0 spiro atoms. The lowest BCUT2D eigenvalue weighted by Gasteiger charge is -2.29. The number of ether oxygens (including phenoxy) is 1. The van der Waals surface area contributed by atoms with E-state index in [2.05, 4.69) is 10.2 Å². The molecule has 2 saturated heterocycles. The Morgan fingerprint density at radius 1 is 1.28 bits per heavy atom. The molecule has 6 nitrogen and oxygen atoms in total. The van der Waals surface area contributed by atoms with Gasteiger partial charge in [-0.05, 0) is 37.6 Å². The van der Waals surface area contributed by atoms with Crippen LogP contribution >= 0.6 is 35.0 Å². The molecule has 0 aliphatic carbocycles. The lowest BCUT2D eigenvalue weighted by molar-refractivity contribution is -0.124. The molecule has 160 valence electrons. The van der Waals surface area contributed by atoms with Gasteiger partial charge in [-0.2, -0.15) is 0 Å². The van der Waals surface area contributed by atoms with Gasteiger partial charge in [0, 0.05) is 30.4 Å². The van der Waals surface area contributed by atoms with Crippen LogP contribution in [0.1, 0.15) is 30.1 Å². The zero-order valence-electron chi connectivity index (χ0n) is 16.5. The van der Waals surface area contributed by atoms with Crippen LogP contribution in [-0.2, 0) is 9.53 Å². The van der Waals surface area contributed by atoms with Crippen LogP contribution in [-0.4, -0.2) is 78.2 Å². The van der Waals surface area contributed by atoms with Crippen molar-refractivity contribution in [3.63, 3.8) is 0 Å². The molecule has 2 aliphatic heterocycles. The van der Waals surface area contributed by atoms with E-state index in [0.29, 0.717) is 27.9 Å². The summed E-state index contributed by atoms with van der Waals surface area (Å²) in [7, 11) is 0. The molecule has 1 aromatic rings. The van der Waals surface area contributed by atoms with Crippen molar-refractivity contribution in [2.24, 2.45) is 0 Å². The highest BCUT2D eigenvalue weighted by molar-refractivity contribution is 8.00.